The van der Waals surface area contributed by atoms with Gasteiger partial charge < -0.3 is 16.0 Å². The summed E-state index contributed by atoms with van der Waals surface area (Å²) in [7, 11) is 1.50. The largest absolute Gasteiger partial charge is 0.338 e. The maximum Gasteiger partial charge on any atom is 0.150 e. The SMILES string of the molecule is C=C/C(=C\C=C(/C)c1nc2ccc(C=O)cc2[nH]1)C(c1ccc(C)cc1)N1CCNCC1.CN. The second-order valence-corrected chi connectivity index (χ2v) is 8.30. The standard InChI is InChI=1S/C27H30N4O.CH5N/c1-4-22(26(31-15-13-28-14-16-31)23-9-5-19(2)6-10-23)11-7-20(3)27-29-24-12-8-21(18-32)17-25(24)30-27;1-2/h4-12,17-18,26,28H,1,13-16H2,2-3H3,(H,29,30);2H2,1H3/b20-7+,22-11+;. The number of nitrogens with zero attached hydrogens (tertiary/aromatic N) is 2. The zero-order chi connectivity index (χ0) is 24.5. The van der Waals surface area contributed by atoms with Crippen LogP contribution in [0, 0.1) is 6.92 Å². The first-order valence-electron chi connectivity index (χ1n) is 11.6. The van der Waals surface area contributed by atoms with Gasteiger partial charge in [-0.1, -0.05) is 54.6 Å². The number of aromatic amines is 1. The van der Waals surface area contributed by atoms with Gasteiger partial charge in [-0.15, -0.1) is 0 Å². The number of H-pyrrole nitrogens is 1. The molecule has 178 valence electrons. The highest BCUT2D eigenvalue weighted by molar-refractivity contribution is 5.86. The molecule has 6 nitrogen and oxygen atoms in total. The number of nitrogens with two attached hydrogens (primary N) is 1. The summed E-state index contributed by atoms with van der Waals surface area (Å²) in [5, 5.41) is 3.45. The lowest BCUT2D eigenvalue weighted by Crippen LogP contribution is -2.45. The van der Waals surface area contributed by atoms with Crippen LogP contribution in [0.3, 0.4) is 0 Å². The number of aromatic nitrogens is 2. The first-order chi connectivity index (χ1) is 16.6. The summed E-state index contributed by atoms with van der Waals surface area (Å²) in [6.45, 7) is 12.3. The first-order valence-corrected chi connectivity index (χ1v) is 11.6. The molecule has 1 aliphatic heterocycles. The number of carbonyl (C=O) groups excluding carboxylic acids is 1. The Morgan fingerprint density at radius 2 is 1.82 bits per heavy atom. The summed E-state index contributed by atoms with van der Waals surface area (Å²) < 4.78 is 0. The molecule has 0 radical (unpaired) electrons. The van der Waals surface area contributed by atoms with Gasteiger partial charge in [-0.2, -0.15) is 0 Å². The lowest BCUT2D eigenvalue weighted by Gasteiger charge is -2.36. The van der Waals surface area contributed by atoms with E-state index in [1.54, 1.807) is 6.07 Å². The van der Waals surface area contributed by atoms with Crippen LogP contribution in [-0.4, -0.2) is 54.4 Å². The van der Waals surface area contributed by atoms with E-state index in [2.05, 4.69) is 75.8 Å². The zero-order valence-electron chi connectivity index (χ0n) is 20.3. The van der Waals surface area contributed by atoms with Gasteiger partial charge in [0.05, 0.1) is 17.1 Å². The van der Waals surface area contributed by atoms with Gasteiger partial charge >= 0.3 is 0 Å². The molecule has 6 heteroatoms. The van der Waals surface area contributed by atoms with Gasteiger partial charge in [-0.05, 0) is 55.8 Å². The predicted octanol–water partition coefficient (Wildman–Crippen LogP) is 4.42. The van der Waals surface area contributed by atoms with Crippen molar-refractivity contribution in [1.82, 2.24) is 20.2 Å². The van der Waals surface area contributed by atoms with E-state index in [1.165, 1.54) is 18.2 Å². The normalized spacial score (nSPS) is 16.0. The minimum atomic E-state index is 0.157. The molecule has 2 aromatic carbocycles. The molecule has 1 aromatic heterocycles. The number of aryl methyl sites for hydroxylation is 1. The number of imidazole rings is 1. The molecular weight excluding hydrogens is 422 g/mol. The molecule has 1 saturated heterocycles. The number of fused-ring (bicyclic) bond motifs is 1. The first kappa shape index (κ1) is 25.3. The smallest absolute Gasteiger partial charge is 0.150 e. The van der Waals surface area contributed by atoms with Crippen molar-refractivity contribution in [3.8, 4) is 0 Å². The molecule has 4 N–H and O–H groups in total. The Hall–Kier alpha value is -3.32. The van der Waals surface area contributed by atoms with Crippen LogP contribution in [0.4, 0.5) is 0 Å². The molecule has 0 bridgehead atoms. The minimum Gasteiger partial charge on any atom is -0.338 e. The third-order valence-corrected chi connectivity index (χ3v) is 6.00. The molecule has 0 saturated carbocycles. The van der Waals surface area contributed by atoms with Crippen molar-refractivity contribution in [3.05, 3.63) is 95.4 Å². The number of hydrogen-bond acceptors (Lipinski definition) is 5. The quantitative estimate of drug-likeness (QED) is 0.361. The van der Waals surface area contributed by atoms with E-state index in [9.17, 15) is 4.79 Å². The van der Waals surface area contributed by atoms with Crippen LogP contribution in [0.5, 0.6) is 0 Å². The summed E-state index contributed by atoms with van der Waals surface area (Å²) in [6.07, 6.45) is 7.06. The molecule has 1 aliphatic rings. The maximum absolute atomic E-state index is 11.1. The van der Waals surface area contributed by atoms with E-state index in [4.69, 9.17) is 0 Å². The van der Waals surface area contributed by atoms with E-state index >= 15 is 0 Å². The third kappa shape index (κ3) is 5.97. The Kier molecular flexibility index (Phi) is 9.10. The summed E-state index contributed by atoms with van der Waals surface area (Å²) in [5.74, 6) is 0.803. The molecule has 2 heterocycles. The highest BCUT2D eigenvalue weighted by atomic mass is 16.1. The second-order valence-electron chi connectivity index (χ2n) is 8.30. The molecule has 0 spiro atoms. The molecule has 1 fully saturated rings. The van der Waals surface area contributed by atoms with Gasteiger partial charge in [0.25, 0.3) is 0 Å². The van der Waals surface area contributed by atoms with Crippen LogP contribution in [0.2, 0.25) is 0 Å². The van der Waals surface area contributed by atoms with E-state index < -0.39 is 0 Å². The Balaban J connectivity index is 0.00000158. The van der Waals surface area contributed by atoms with E-state index in [0.29, 0.717) is 5.56 Å². The summed E-state index contributed by atoms with van der Waals surface area (Å²) in [6, 6.07) is 14.4. The third-order valence-electron chi connectivity index (χ3n) is 6.00. The molecule has 0 aliphatic carbocycles. The van der Waals surface area contributed by atoms with Crippen molar-refractivity contribution in [2.45, 2.75) is 19.9 Å². The molecule has 3 aromatic rings. The highest BCUT2D eigenvalue weighted by Gasteiger charge is 2.24. The van der Waals surface area contributed by atoms with E-state index in [-0.39, 0.29) is 6.04 Å². The van der Waals surface area contributed by atoms with Crippen LogP contribution in [-0.2, 0) is 0 Å². The van der Waals surface area contributed by atoms with Crippen molar-refractivity contribution in [3.63, 3.8) is 0 Å². The number of carbonyl (C=O) groups is 1. The van der Waals surface area contributed by atoms with Crippen molar-refractivity contribution < 1.29 is 4.79 Å². The number of rotatable bonds is 7. The molecular formula is C28H35N5O. The fraction of sp³-hybridized carbons (Fsp3) is 0.286. The molecule has 0 amide bonds. The molecule has 1 unspecified atom stereocenters. The minimum absolute atomic E-state index is 0.157. The van der Waals surface area contributed by atoms with Crippen LogP contribution in [0.25, 0.3) is 16.6 Å². The van der Waals surface area contributed by atoms with Gasteiger partial charge in [-0.25, -0.2) is 4.98 Å². The Bertz CT molecular complexity index is 1170. The van der Waals surface area contributed by atoms with Crippen molar-refractivity contribution in [2.24, 2.45) is 5.73 Å². The topological polar surface area (TPSA) is 87.0 Å². The highest BCUT2D eigenvalue weighted by Crippen LogP contribution is 2.30. The van der Waals surface area contributed by atoms with Gasteiger partial charge in [0.2, 0.25) is 0 Å². The summed E-state index contributed by atoms with van der Waals surface area (Å²) in [5.41, 5.74) is 11.6. The number of hydrogen-bond donors (Lipinski definition) is 3. The number of aldehydes is 1. The Morgan fingerprint density at radius 1 is 1.12 bits per heavy atom. The van der Waals surface area contributed by atoms with Gasteiger partial charge in [0.1, 0.15) is 12.1 Å². The predicted molar refractivity (Wildman–Crippen MR) is 142 cm³/mol. The monoisotopic (exact) mass is 457 g/mol. The summed E-state index contributed by atoms with van der Waals surface area (Å²) in [4.78, 5) is 21.6. The number of nitrogens with one attached hydrogen (secondary N) is 2. The van der Waals surface area contributed by atoms with Crippen LogP contribution in [0.15, 0.2) is 72.8 Å². The number of piperazine rings is 1. The zero-order valence-corrected chi connectivity index (χ0v) is 20.3. The van der Waals surface area contributed by atoms with Crippen molar-refractivity contribution in [1.29, 1.82) is 0 Å². The number of allylic oxidation sites excluding steroid dienone is 3. The fourth-order valence-corrected chi connectivity index (χ4v) is 4.16. The average Bonchev–Trinajstić information content (AvgIpc) is 3.32. The van der Waals surface area contributed by atoms with Crippen LogP contribution < -0.4 is 11.1 Å². The van der Waals surface area contributed by atoms with Gasteiger partial charge in [0, 0.05) is 31.7 Å². The molecule has 4 rings (SSSR count). The van der Waals surface area contributed by atoms with Crippen LogP contribution >= 0.6 is 0 Å². The van der Waals surface area contributed by atoms with Crippen molar-refractivity contribution >= 4 is 22.9 Å². The average molecular weight is 458 g/mol. The van der Waals surface area contributed by atoms with E-state index in [0.717, 1.165) is 60.5 Å². The molecule has 1 atom stereocenters. The number of benzene rings is 2. The maximum atomic E-state index is 11.1. The fourth-order valence-electron chi connectivity index (χ4n) is 4.16. The van der Waals surface area contributed by atoms with Crippen LogP contribution in [0.1, 0.15) is 40.3 Å². The van der Waals surface area contributed by atoms with Gasteiger partial charge in [-0.3, -0.25) is 9.69 Å². The Labute approximate surface area is 202 Å². The lowest BCUT2D eigenvalue weighted by molar-refractivity contribution is 0.112. The van der Waals surface area contributed by atoms with Crippen molar-refractivity contribution in [2.75, 3.05) is 33.2 Å². The van der Waals surface area contributed by atoms with Gasteiger partial charge in [0.15, 0.2) is 0 Å². The lowest BCUT2D eigenvalue weighted by atomic mass is 9.94. The summed E-state index contributed by atoms with van der Waals surface area (Å²) >= 11 is 0. The molecule has 34 heavy (non-hydrogen) atoms. The Morgan fingerprint density at radius 3 is 2.47 bits per heavy atom. The second kappa shape index (κ2) is 12.2. The van der Waals surface area contributed by atoms with E-state index in [1.807, 2.05) is 25.1 Å².